The minimum absolute atomic E-state index is 0.00532. The Morgan fingerprint density at radius 2 is 2.24 bits per heavy atom. The molecule has 0 aliphatic heterocycles. The van der Waals surface area contributed by atoms with Crippen LogP contribution in [0.15, 0.2) is 28.7 Å². The molecule has 0 radical (unpaired) electrons. The first-order valence-electron chi connectivity index (χ1n) is 5.14. The molecule has 1 amide bonds. The monoisotopic (exact) mass is 231 g/mol. The highest BCUT2D eigenvalue weighted by Gasteiger charge is 2.09. The van der Waals surface area contributed by atoms with E-state index in [4.69, 9.17) is 5.26 Å². The van der Waals surface area contributed by atoms with Gasteiger partial charge in [-0.3, -0.25) is 9.59 Å². The Kier molecular flexibility index (Phi) is 4.23. The van der Waals surface area contributed by atoms with Crippen LogP contribution in [0.3, 0.4) is 0 Å². The molecule has 1 heterocycles. The second-order valence-corrected chi connectivity index (χ2v) is 3.78. The molecule has 0 saturated heterocycles. The molecule has 2 N–H and O–H groups in total. The van der Waals surface area contributed by atoms with Gasteiger partial charge < -0.3 is 10.3 Å². The summed E-state index contributed by atoms with van der Waals surface area (Å²) >= 11 is 0. The highest BCUT2D eigenvalue weighted by molar-refractivity contribution is 6.01. The van der Waals surface area contributed by atoms with Crippen LogP contribution in [0.25, 0.3) is 6.08 Å². The summed E-state index contributed by atoms with van der Waals surface area (Å²) < 4.78 is 0. The normalized spacial score (nSPS) is 11.1. The number of amides is 1. The number of nitriles is 1. The van der Waals surface area contributed by atoms with Crippen molar-refractivity contribution in [2.24, 2.45) is 0 Å². The average molecular weight is 231 g/mol. The van der Waals surface area contributed by atoms with Crippen molar-refractivity contribution in [3.63, 3.8) is 0 Å². The second-order valence-electron chi connectivity index (χ2n) is 3.78. The zero-order valence-electron chi connectivity index (χ0n) is 9.65. The Bertz CT molecular complexity index is 515. The summed E-state index contributed by atoms with van der Waals surface area (Å²) in [5.41, 5.74) is 0.373. The molecule has 88 valence electrons. The Balaban J connectivity index is 2.95. The van der Waals surface area contributed by atoms with Gasteiger partial charge in [0.1, 0.15) is 11.6 Å². The first-order valence-corrected chi connectivity index (χ1v) is 5.14. The van der Waals surface area contributed by atoms with Crippen molar-refractivity contribution < 1.29 is 4.79 Å². The van der Waals surface area contributed by atoms with Gasteiger partial charge in [-0.05, 0) is 31.6 Å². The van der Waals surface area contributed by atoms with Crippen LogP contribution < -0.4 is 10.9 Å². The first kappa shape index (κ1) is 12.7. The Labute approximate surface area is 98.8 Å². The van der Waals surface area contributed by atoms with Crippen molar-refractivity contribution in [2.45, 2.75) is 19.9 Å². The van der Waals surface area contributed by atoms with Crippen molar-refractivity contribution in [1.29, 1.82) is 5.26 Å². The summed E-state index contributed by atoms with van der Waals surface area (Å²) in [5, 5.41) is 11.5. The summed E-state index contributed by atoms with van der Waals surface area (Å²) in [7, 11) is 0. The van der Waals surface area contributed by atoms with E-state index in [0.29, 0.717) is 5.56 Å². The maximum absolute atomic E-state index is 11.6. The summed E-state index contributed by atoms with van der Waals surface area (Å²) in [4.78, 5) is 24.9. The molecule has 1 aromatic rings. The van der Waals surface area contributed by atoms with Gasteiger partial charge in [0.05, 0.1) is 0 Å². The Hall–Kier alpha value is -2.35. The predicted octanol–water partition coefficient (Wildman–Crippen LogP) is 0.806. The maximum Gasteiger partial charge on any atom is 0.262 e. The van der Waals surface area contributed by atoms with Crippen LogP contribution in [0.4, 0.5) is 0 Å². The molecule has 0 unspecified atom stereocenters. The molecule has 17 heavy (non-hydrogen) atoms. The highest BCUT2D eigenvalue weighted by atomic mass is 16.1. The molecule has 0 bridgehead atoms. The number of H-pyrrole nitrogens is 1. The van der Waals surface area contributed by atoms with Gasteiger partial charge in [0.25, 0.3) is 5.91 Å². The highest BCUT2D eigenvalue weighted by Crippen LogP contribution is 2.04. The Morgan fingerprint density at radius 1 is 1.53 bits per heavy atom. The van der Waals surface area contributed by atoms with Crippen molar-refractivity contribution in [3.8, 4) is 6.07 Å². The van der Waals surface area contributed by atoms with Gasteiger partial charge in [-0.2, -0.15) is 5.26 Å². The number of carbonyl (C=O) groups excluding carboxylic acids is 1. The minimum atomic E-state index is -0.423. The van der Waals surface area contributed by atoms with Gasteiger partial charge in [-0.1, -0.05) is 0 Å². The lowest BCUT2D eigenvalue weighted by atomic mass is 10.1. The summed E-state index contributed by atoms with van der Waals surface area (Å²) in [6.07, 6.45) is 2.87. The second kappa shape index (κ2) is 5.66. The van der Waals surface area contributed by atoms with Crippen LogP contribution in [0.1, 0.15) is 19.4 Å². The van der Waals surface area contributed by atoms with Crippen LogP contribution in [0, 0.1) is 11.3 Å². The zero-order valence-corrected chi connectivity index (χ0v) is 9.65. The van der Waals surface area contributed by atoms with Crippen LogP contribution in [0.2, 0.25) is 0 Å². The van der Waals surface area contributed by atoms with E-state index in [9.17, 15) is 9.59 Å². The number of aromatic amines is 1. The van der Waals surface area contributed by atoms with E-state index < -0.39 is 5.91 Å². The van der Waals surface area contributed by atoms with Gasteiger partial charge >= 0.3 is 0 Å². The molecule has 0 atom stereocenters. The number of aromatic nitrogens is 1. The minimum Gasteiger partial charge on any atom is -0.349 e. The molecular formula is C12H13N3O2. The van der Waals surface area contributed by atoms with E-state index >= 15 is 0 Å². The van der Waals surface area contributed by atoms with Gasteiger partial charge in [0.2, 0.25) is 5.56 Å². The number of pyridine rings is 1. The SMILES string of the molecule is CC(C)NC(=O)C(C#N)=Cc1ccc(=O)[nH]c1. The summed E-state index contributed by atoms with van der Waals surface area (Å²) in [6.45, 7) is 3.62. The fourth-order valence-electron chi connectivity index (χ4n) is 1.17. The molecular weight excluding hydrogens is 218 g/mol. The molecule has 0 saturated carbocycles. The molecule has 1 rings (SSSR count). The molecule has 1 aromatic heterocycles. The molecule has 5 nitrogen and oxygen atoms in total. The van der Waals surface area contributed by atoms with Crippen LogP contribution in [-0.2, 0) is 4.79 Å². The maximum atomic E-state index is 11.6. The largest absolute Gasteiger partial charge is 0.349 e. The average Bonchev–Trinajstić information content (AvgIpc) is 2.27. The fraction of sp³-hybridized carbons (Fsp3) is 0.250. The first-order chi connectivity index (χ1) is 8.02. The van der Waals surface area contributed by atoms with E-state index in [2.05, 4.69) is 10.3 Å². The number of nitrogens with zero attached hydrogens (tertiary/aromatic N) is 1. The molecule has 0 aliphatic carbocycles. The van der Waals surface area contributed by atoms with Crippen molar-refractivity contribution in [1.82, 2.24) is 10.3 Å². The number of hydrogen-bond acceptors (Lipinski definition) is 3. The third kappa shape index (κ3) is 3.95. The van der Waals surface area contributed by atoms with Crippen LogP contribution in [-0.4, -0.2) is 16.9 Å². The van der Waals surface area contributed by atoms with Crippen molar-refractivity contribution in [3.05, 3.63) is 39.8 Å². The van der Waals surface area contributed by atoms with E-state index in [1.165, 1.54) is 18.3 Å². The smallest absolute Gasteiger partial charge is 0.262 e. The fourth-order valence-corrected chi connectivity index (χ4v) is 1.17. The third-order valence-corrected chi connectivity index (χ3v) is 1.90. The number of rotatable bonds is 3. The lowest BCUT2D eigenvalue weighted by Gasteiger charge is -2.06. The Morgan fingerprint density at radius 3 is 2.71 bits per heavy atom. The quantitative estimate of drug-likeness (QED) is 0.596. The third-order valence-electron chi connectivity index (χ3n) is 1.90. The standard InChI is InChI=1S/C12H13N3O2/c1-8(2)15-12(17)10(6-13)5-9-3-4-11(16)14-7-9/h3-5,7-8H,1-2H3,(H,14,16)(H,15,17). The van der Waals surface area contributed by atoms with Crippen LogP contribution in [0.5, 0.6) is 0 Å². The molecule has 0 aromatic carbocycles. The van der Waals surface area contributed by atoms with E-state index in [-0.39, 0.29) is 17.2 Å². The van der Waals surface area contributed by atoms with E-state index in [0.717, 1.165) is 0 Å². The molecule has 0 spiro atoms. The lowest BCUT2D eigenvalue weighted by molar-refractivity contribution is -0.117. The number of carbonyl (C=O) groups is 1. The van der Waals surface area contributed by atoms with E-state index in [1.807, 2.05) is 19.9 Å². The summed E-state index contributed by atoms with van der Waals surface area (Å²) in [6, 6.07) is 4.67. The van der Waals surface area contributed by atoms with Gasteiger partial charge in [0.15, 0.2) is 0 Å². The van der Waals surface area contributed by atoms with Gasteiger partial charge in [-0.15, -0.1) is 0 Å². The van der Waals surface area contributed by atoms with E-state index in [1.54, 1.807) is 6.07 Å². The summed E-state index contributed by atoms with van der Waals surface area (Å²) in [5.74, 6) is -0.423. The lowest BCUT2D eigenvalue weighted by Crippen LogP contribution is -2.30. The number of hydrogen-bond donors (Lipinski definition) is 2. The molecule has 5 heteroatoms. The van der Waals surface area contributed by atoms with Crippen LogP contribution >= 0.6 is 0 Å². The topological polar surface area (TPSA) is 85.8 Å². The van der Waals surface area contributed by atoms with Crippen molar-refractivity contribution >= 4 is 12.0 Å². The predicted molar refractivity (Wildman–Crippen MR) is 63.9 cm³/mol. The van der Waals surface area contributed by atoms with Crippen molar-refractivity contribution in [2.75, 3.05) is 0 Å². The molecule has 0 aliphatic rings. The van der Waals surface area contributed by atoms with Gasteiger partial charge in [-0.25, -0.2) is 0 Å². The van der Waals surface area contributed by atoms with Gasteiger partial charge in [0, 0.05) is 18.3 Å². The number of nitrogens with one attached hydrogen (secondary N) is 2. The zero-order chi connectivity index (χ0) is 12.8. The molecule has 0 fully saturated rings.